The molecule has 0 N–H and O–H groups in total. The maximum Gasteiger partial charge on any atom is 0.178 e. The maximum atomic E-state index is 7.55. The summed E-state index contributed by atoms with van der Waals surface area (Å²) in [5, 5.41) is 2.47. The minimum absolute atomic E-state index is 0.734. The van der Waals surface area contributed by atoms with E-state index < -0.39 is 5.60 Å². The van der Waals surface area contributed by atoms with Crippen molar-refractivity contribution < 1.29 is 9.47 Å². The summed E-state index contributed by atoms with van der Waals surface area (Å²) >= 11 is 0. The molecule has 5 nitrogen and oxygen atoms in total. The van der Waals surface area contributed by atoms with E-state index in [-0.39, 0.29) is 0 Å². The molecule has 0 aliphatic carbocycles. The molecule has 4 heterocycles. The first-order valence-corrected chi connectivity index (χ1v) is 17.8. The SMILES string of the molecule is C1=C(c2ccccc2)c2c(cc(N3CCOCC3)c3ccccc23)OC1(c1ccc(N2CCCC2)cc1)c1ccc(N2CCCC2)cc1. The number of hydrogen-bond acceptors (Lipinski definition) is 5. The average Bonchev–Trinajstić information content (AvgIpc) is 3.91. The second-order valence-electron chi connectivity index (χ2n) is 13.7. The Labute approximate surface area is 284 Å². The van der Waals surface area contributed by atoms with E-state index in [2.05, 4.69) is 130 Å². The highest BCUT2D eigenvalue weighted by Crippen LogP contribution is 2.51. The van der Waals surface area contributed by atoms with Crippen LogP contribution in [0.1, 0.15) is 47.9 Å². The monoisotopic (exact) mass is 633 g/mol. The number of fused-ring (bicyclic) bond motifs is 3. The number of hydrogen-bond donors (Lipinski definition) is 0. The van der Waals surface area contributed by atoms with Gasteiger partial charge < -0.3 is 24.2 Å². The molecule has 48 heavy (non-hydrogen) atoms. The molecule has 0 radical (unpaired) electrons. The molecule has 9 rings (SSSR count). The summed E-state index contributed by atoms with van der Waals surface area (Å²) in [5.74, 6) is 0.920. The number of rotatable bonds is 6. The van der Waals surface area contributed by atoms with Crippen molar-refractivity contribution in [1.29, 1.82) is 0 Å². The van der Waals surface area contributed by atoms with Crippen molar-refractivity contribution in [1.82, 2.24) is 0 Å². The fourth-order valence-corrected chi connectivity index (χ4v) is 8.32. The molecule has 4 aliphatic heterocycles. The fraction of sp³-hybridized carbons (Fsp3) is 0.302. The van der Waals surface area contributed by atoms with Crippen molar-refractivity contribution >= 4 is 33.4 Å². The lowest BCUT2D eigenvalue weighted by molar-refractivity contribution is 0.122. The van der Waals surface area contributed by atoms with Crippen molar-refractivity contribution in [2.75, 3.05) is 67.2 Å². The molecule has 5 heteroatoms. The molecule has 0 spiro atoms. The van der Waals surface area contributed by atoms with Crippen LogP contribution in [0.2, 0.25) is 0 Å². The van der Waals surface area contributed by atoms with E-state index in [9.17, 15) is 0 Å². The zero-order chi connectivity index (χ0) is 31.9. The highest BCUT2D eigenvalue weighted by molar-refractivity contribution is 6.07. The van der Waals surface area contributed by atoms with Gasteiger partial charge in [0, 0.05) is 84.5 Å². The van der Waals surface area contributed by atoms with Crippen molar-refractivity contribution in [3.8, 4) is 5.75 Å². The summed E-state index contributed by atoms with van der Waals surface area (Å²) in [6.45, 7) is 7.71. The van der Waals surface area contributed by atoms with Gasteiger partial charge in [-0.3, -0.25) is 0 Å². The Balaban J connectivity index is 1.27. The largest absolute Gasteiger partial charge is 0.473 e. The second kappa shape index (κ2) is 12.4. The molecule has 5 aromatic carbocycles. The van der Waals surface area contributed by atoms with Gasteiger partial charge in [-0.1, -0.05) is 78.9 Å². The van der Waals surface area contributed by atoms with Crippen molar-refractivity contribution in [3.63, 3.8) is 0 Å². The van der Waals surface area contributed by atoms with E-state index in [1.165, 1.54) is 64.7 Å². The third kappa shape index (κ3) is 5.12. The molecule has 0 atom stereocenters. The van der Waals surface area contributed by atoms with Crippen LogP contribution in [0, 0.1) is 0 Å². The Morgan fingerprint density at radius 3 is 1.65 bits per heavy atom. The van der Waals surface area contributed by atoms with Gasteiger partial charge in [-0.15, -0.1) is 0 Å². The molecule has 0 amide bonds. The van der Waals surface area contributed by atoms with Crippen LogP contribution in [0.3, 0.4) is 0 Å². The van der Waals surface area contributed by atoms with Crippen LogP contribution in [0.5, 0.6) is 5.75 Å². The molecule has 3 saturated heterocycles. The topological polar surface area (TPSA) is 28.2 Å². The molecule has 0 saturated carbocycles. The number of nitrogens with zero attached hydrogens (tertiary/aromatic N) is 3. The summed E-state index contributed by atoms with van der Waals surface area (Å²) in [6.07, 6.45) is 7.45. The Morgan fingerprint density at radius 2 is 1.06 bits per heavy atom. The van der Waals surface area contributed by atoms with Gasteiger partial charge in [-0.05, 0) is 72.5 Å². The van der Waals surface area contributed by atoms with Gasteiger partial charge in [-0.25, -0.2) is 0 Å². The summed E-state index contributed by atoms with van der Waals surface area (Å²) < 4.78 is 13.3. The number of benzene rings is 5. The Kier molecular flexibility index (Phi) is 7.58. The second-order valence-corrected chi connectivity index (χ2v) is 13.7. The minimum Gasteiger partial charge on any atom is -0.473 e. The molecule has 242 valence electrons. The molecular weight excluding hydrogens is 590 g/mol. The van der Waals surface area contributed by atoms with E-state index in [1.807, 2.05) is 0 Å². The van der Waals surface area contributed by atoms with E-state index in [0.717, 1.165) is 74.9 Å². The zero-order valence-electron chi connectivity index (χ0n) is 27.6. The lowest BCUT2D eigenvalue weighted by atomic mass is 9.78. The van der Waals surface area contributed by atoms with Crippen LogP contribution in [-0.2, 0) is 10.3 Å². The van der Waals surface area contributed by atoms with E-state index >= 15 is 0 Å². The van der Waals surface area contributed by atoms with Gasteiger partial charge >= 0.3 is 0 Å². The van der Waals surface area contributed by atoms with Gasteiger partial charge in [0.05, 0.1) is 13.2 Å². The first-order chi connectivity index (χ1) is 23.8. The molecule has 3 fully saturated rings. The Morgan fingerprint density at radius 1 is 0.521 bits per heavy atom. The molecule has 0 aromatic heterocycles. The highest BCUT2D eigenvalue weighted by atomic mass is 16.5. The smallest absolute Gasteiger partial charge is 0.178 e. The predicted octanol–water partition coefficient (Wildman–Crippen LogP) is 8.64. The van der Waals surface area contributed by atoms with Crippen LogP contribution >= 0.6 is 0 Å². The van der Waals surface area contributed by atoms with Crippen LogP contribution in [-0.4, -0.2) is 52.5 Å². The van der Waals surface area contributed by atoms with Gasteiger partial charge in [0.2, 0.25) is 0 Å². The zero-order valence-corrected chi connectivity index (χ0v) is 27.6. The highest BCUT2D eigenvalue weighted by Gasteiger charge is 2.41. The van der Waals surface area contributed by atoms with Crippen LogP contribution in [0.25, 0.3) is 16.3 Å². The first kappa shape index (κ1) is 29.4. The predicted molar refractivity (Wildman–Crippen MR) is 198 cm³/mol. The van der Waals surface area contributed by atoms with Gasteiger partial charge in [-0.2, -0.15) is 0 Å². The fourth-order valence-electron chi connectivity index (χ4n) is 8.32. The van der Waals surface area contributed by atoms with Crippen LogP contribution in [0.4, 0.5) is 17.1 Å². The summed E-state index contributed by atoms with van der Waals surface area (Å²) in [6, 6.07) is 40.4. The van der Waals surface area contributed by atoms with Crippen molar-refractivity contribution in [2.24, 2.45) is 0 Å². The maximum absolute atomic E-state index is 7.55. The number of anilines is 3. The molecule has 0 bridgehead atoms. The van der Waals surface area contributed by atoms with E-state index in [4.69, 9.17) is 9.47 Å². The average molecular weight is 634 g/mol. The quantitative estimate of drug-likeness (QED) is 0.187. The van der Waals surface area contributed by atoms with E-state index in [1.54, 1.807) is 0 Å². The van der Waals surface area contributed by atoms with Gasteiger partial charge in [0.15, 0.2) is 5.60 Å². The number of ether oxygens (including phenoxy) is 2. The first-order valence-electron chi connectivity index (χ1n) is 17.8. The van der Waals surface area contributed by atoms with Crippen molar-refractivity contribution in [3.05, 3.63) is 138 Å². The summed E-state index contributed by atoms with van der Waals surface area (Å²) in [5.41, 5.74) is 8.80. The number of morpholine rings is 1. The molecule has 4 aliphatic rings. The lowest BCUT2D eigenvalue weighted by Gasteiger charge is -2.40. The Hall–Kier alpha value is -4.74. The van der Waals surface area contributed by atoms with Crippen LogP contribution < -0.4 is 19.4 Å². The van der Waals surface area contributed by atoms with Gasteiger partial charge in [0.1, 0.15) is 5.75 Å². The van der Waals surface area contributed by atoms with E-state index in [0.29, 0.717) is 0 Å². The van der Waals surface area contributed by atoms with Gasteiger partial charge in [0.25, 0.3) is 0 Å². The standard InChI is InChI=1S/C43H43N3O2/c1-2-10-32(11-3-1)39-31-43(33-14-18-35(19-15-33)44-22-6-7-23-44,34-16-20-36(21-17-34)45-24-8-9-25-45)48-41-30-40(46-26-28-47-29-27-46)37-12-4-5-13-38(37)42(39)41/h1-5,10-21,30-31H,6-9,22-29H2. The van der Waals surface area contributed by atoms with Crippen LogP contribution in [0.15, 0.2) is 115 Å². The lowest BCUT2D eigenvalue weighted by Crippen LogP contribution is -2.37. The summed E-state index contributed by atoms with van der Waals surface area (Å²) in [7, 11) is 0. The summed E-state index contributed by atoms with van der Waals surface area (Å²) in [4.78, 5) is 7.47. The van der Waals surface area contributed by atoms with Crippen molar-refractivity contribution in [2.45, 2.75) is 31.3 Å². The third-order valence-electron chi connectivity index (χ3n) is 10.8. The molecular formula is C43H43N3O2. The normalized spacial score (nSPS) is 18.9. The molecule has 0 unspecified atom stereocenters. The third-order valence-corrected chi connectivity index (χ3v) is 10.8. The molecule has 5 aromatic rings. The minimum atomic E-state index is -0.823. The Bertz CT molecular complexity index is 1870.